The number of nitriles is 1. The molecule has 0 spiro atoms. The Morgan fingerprint density at radius 2 is 1.77 bits per heavy atom. The predicted octanol–water partition coefficient (Wildman–Crippen LogP) is 5.50. The van der Waals surface area contributed by atoms with Crippen LogP contribution >= 0.6 is 15.9 Å². The van der Waals surface area contributed by atoms with Crippen molar-refractivity contribution < 1.29 is 23.9 Å². The van der Waals surface area contributed by atoms with Gasteiger partial charge in [-0.3, -0.25) is 14.9 Å². The highest BCUT2D eigenvalue weighted by atomic mass is 79.9. The molecule has 0 unspecified atom stereocenters. The number of halogens is 1. The minimum atomic E-state index is -0.568. The first-order valence-electron chi connectivity index (χ1n) is 10.2. The Morgan fingerprint density at radius 3 is 2.34 bits per heavy atom. The second-order valence-electron chi connectivity index (χ2n) is 7.09. The third kappa shape index (κ3) is 6.59. The molecule has 0 aromatic heterocycles. The molecule has 178 valence electrons. The minimum absolute atomic E-state index is 0.00506. The van der Waals surface area contributed by atoms with Gasteiger partial charge >= 0.3 is 0 Å². The van der Waals surface area contributed by atoms with Gasteiger partial charge in [0.15, 0.2) is 11.5 Å². The molecule has 0 aliphatic carbocycles. The number of rotatable bonds is 9. The lowest BCUT2D eigenvalue weighted by molar-refractivity contribution is -0.384. The van der Waals surface area contributed by atoms with Crippen LogP contribution in [0.25, 0.3) is 6.08 Å². The van der Waals surface area contributed by atoms with Crippen molar-refractivity contribution >= 4 is 39.3 Å². The Hall–Kier alpha value is -4.36. The molecule has 0 aliphatic rings. The second-order valence-corrected chi connectivity index (χ2v) is 7.94. The van der Waals surface area contributed by atoms with Crippen LogP contribution in [-0.2, 0) is 11.4 Å². The number of carbonyl (C=O) groups excluding carboxylic acids is 1. The molecule has 3 aromatic carbocycles. The van der Waals surface area contributed by atoms with Gasteiger partial charge in [0.2, 0.25) is 0 Å². The van der Waals surface area contributed by atoms with Gasteiger partial charge in [0.05, 0.1) is 19.1 Å². The SMILES string of the molecule is COc1ccc(NC(=O)/C(C#N)=C\c2cc(OC)c(OCc3ccc([N+](=O)[O-])cc3)cc2Br)cc1. The van der Waals surface area contributed by atoms with E-state index in [4.69, 9.17) is 14.2 Å². The third-order valence-corrected chi connectivity index (χ3v) is 5.52. The van der Waals surface area contributed by atoms with Crippen LogP contribution in [-0.4, -0.2) is 25.1 Å². The van der Waals surface area contributed by atoms with E-state index in [1.165, 1.54) is 25.3 Å². The number of nitro benzene ring substituents is 1. The van der Waals surface area contributed by atoms with Gasteiger partial charge in [0.25, 0.3) is 11.6 Å². The molecule has 10 heteroatoms. The average Bonchev–Trinajstić information content (AvgIpc) is 2.87. The van der Waals surface area contributed by atoms with Crippen LogP contribution in [0.3, 0.4) is 0 Å². The summed E-state index contributed by atoms with van der Waals surface area (Å²) in [5.41, 5.74) is 1.67. The first-order valence-corrected chi connectivity index (χ1v) is 10.9. The Kier molecular flexibility index (Phi) is 8.43. The Bertz CT molecular complexity index is 1300. The number of non-ortho nitro benzene ring substituents is 1. The molecule has 0 heterocycles. The van der Waals surface area contributed by atoms with Crippen LogP contribution in [0, 0.1) is 21.4 Å². The topological polar surface area (TPSA) is 124 Å². The summed E-state index contributed by atoms with van der Waals surface area (Å²) in [7, 11) is 3.01. The molecular formula is C25H20BrN3O6. The van der Waals surface area contributed by atoms with Crippen molar-refractivity contribution in [3.8, 4) is 23.3 Å². The van der Waals surface area contributed by atoms with Crippen molar-refractivity contribution in [2.24, 2.45) is 0 Å². The van der Waals surface area contributed by atoms with Crippen molar-refractivity contribution in [1.82, 2.24) is 0 Å². The van der Waals surface area contributed by atoms with Crippen molar-refractivity contribution in [1.29, 1.82) is 5.26 Å². The summed E-state index contributed by atoms with van der Waals surface area (Å²) in [6.45, 7) is 0.156. The maximum absolute atomic E-state index is 12.6. The Balaban J connectivity index is 1.77. The smallest absolute Gasteiger partial charge is 0.269 e. The molecule has 0 fully saturated rings. The molecule has 0 aliphatic heterocycles. The summed E-state index contributed by atoms with van der Waals surface area (Å²) < 4.78 is 16.9. The monoisotopic (exact) mass is 537 g/mol. The van der Waals surface area contributed by atoms with Gasteiger partial charge in [0, 0.05) is 22.3 Å². The van der Waals surface area contributed by atoms with Gasteiger partial charge in [-0.25, -0.2) is 0 Å². The van der Waals surface area contributed by atoms with E-state index in [1.807, 2.05) is 6.07 Å². The highest BCUT2D eigenvalue weighted by Gasteiger charge is 2.14. The van der Waals surface area contributed by atoms with E-state index in [0.29, 0.717) is 33.0 Å². The molecule has 35 heavy (non-hydrogen) atoms. The van der Waals surface area contributed by atoms with Gasteiger partial charge in [-0.15, -0.1) is 0 Å². The molecule has 0 saturated carbocycles. The number of amides is 1. The zero-order valence-electron chi connectivity index (χ0n) is 18.8. The van der Waals surface area contributed by atoms with Crippen molar-refractivity contribution in [3.05, 3.63) is 92.0 Å². The van der Waals surface area contributed by atoms with Gasteiger partial charge in [-0.2, -0.15) is 5.26 Å². The summed E-state index contributed by atoms with van der Waals surface area (Å²) >= 11 is 3.44. The van der Waals surface area contributed by atoms with Crippen LogP contribution < -0.4 is 19.5 Å². The summed E-state index contributed by atoms with van der Waals surface area (Å²) in [5.74, 6) is 0.873. The molecule has 3 aromatic rings. The van der Waals surface area contributed by atoms with E-state index in [1.54, 1.807) is 55.6 Å². The number of carbonyl (C=O) groups is 1. The van der Waals surface area contributed by atoms with Gasteiger partial charge in [-0.1, -0.05) is 15.9 Å². The Morgan fingerprint density at radius 1 is 1.09 bits per heavy atom. The van der Waals surface area contributed by atoms with Crippen molar-refractivity contribution in [2.45, 2.75) is 6.61 Å². The van der Waals surface area contributed by atoms with Crippen LogP contribution in [0.15, 0.2) is 70.7 Å². The molecule has 0 saturated heterocycles. The maximum atomic E-state index is 12.6. The minimum Gasteiger partial charge on any atom is -0.497 e. The summed E-state index contributed by atoms with van der Waals surface area (Å²) in [4.78, 5) is 22.9. The quantitative estimate of drug-likeness (QED) is 0.165. The fourth-order valence-corrected chi connectivity index (χ4v) is 3.42. The second kappa shape index (κ2) is 11.7. The number of nitrogens with zero attached hydrogens (tertiary/aromatic N) is 2. The Labute approximate surface area is 209 Å². The standard InChI is InChI=1S/C25H20BrN3O6/c1-33-21-9-5-19(6-10-21)28-25(30)18(14-27)11-17-12-23(34-2)24(13-22(17)26)35-15-16-3-7-20(8-4-16)29(31)32/h3-13H,15H2,1-2H3,(H,28,30)/b18-11-. The van der Waals surface area contributed by atoms with Gasteiger partial charge in [0.1, 0.15) is 24.0 Å². The number of anilines is 1. The highest BCUT2D eigenvalue weighted by molar-refractivity contribution is 9.10. The molecule has 0 radical (unpaired) electrons. The van der Waals surface area contributed by atoms with E-state index < -0.39 is 10.8 Å². The maximum Gasteiger partial charge on any atom is 0.269 e. The zero-order chi connectivity index (χ0) is 25.4. The first-order chi connectivity index (χ1) is 16.8. The van der Waals surface area contributed by atoms with Crippen LogP contribution in [0.4, 0.5) is 11.4 Å². The molecule has 0 bridgehead atoms. The molecule has 9 nitrogen and oxygen atoms in total. The van der Waals surface area contributed by atoms with E-state index in [9.17, 15) is 20.2 Å². The predicted molar refractivity (Wildman–Crippen MR) is 133 cm³/mol. The van der Waals surface area contributed by atoms with Gasteiger partial charge in [-0.05, 0) is 65.7 Å². The normalized spacial score (nSPS) is 10.7. The lowest BCUT2D eigenvalue weighted by atomic mass is 10.1. The number of hydrogen-bond donors (Lipinski definition) is 1. The van der Waals surface area contributed by atoms with Crippen LogP contribution in [0.2, 0.25) is 0 Å². The van der Waals surface area contributed by atoms with Crippen LogP contribution in [0.5, 0.6) is 17.2 Å². The van der Waals surface area contributed by atoms with E-state index in [2.05, 4.69) is 21.2 Å². The van der Waals surface area contributed by atoms with Gasteiger partial charge < -0.3 is 19.5 Å². The number of hydrogen-bond acceptors (Lipinski definition) is 7. The number of benzene rings is 3. The number of nitrogens with one attached hydrogen (secondary N) is 1. The molecule has 1 amide bonds. The van der Waals surface area contributed by atoms with E-state index in [0.717, 1.165) is 5.56 Å². The van der Waals surface area contributed by atoms with E-state index in [-0.39, 0.29) is 17.9 Å². The van der Waals surface area contributed by atoms with E-state index >= 15 is 0 Å². The lowest BCUT2D eigenvalue weighted by Crippen LogP contribution is -2.13. The van der Waals surface area contributed by atoms with Crippen LogP contribution in [0.1, 0.15) is 11.1 Å². The van der Waals surface area contributed by atoms with Crippen molar-refractivity contribution in [3.63, 3.8) is 0 Å². The largest absolute Gasteiger partial charge is 0.497 e. The zero-order valence-corrected chi connectivity index (χ0v) is 20.4. The fourth-order valence-electron chi connectivity index (χ4n) is 2.99. The number of methoxy groups -OCH3 is 2. The highest BCUT2D eigenvalue weighted by Crippen LogP contribution is 2.35. The summed E-state index contributed by atoms with van der Waals surface area (Å²) in [6.07, 6.45) is 1.44. The summed E-state index contributed by atoms with van der Waals surface area (Å²) in [6, 6.07) is 18.0. The third-order valence-electron chi connectivity index (χ3n) is 4.84. The number of ether oxygens (including phenoxy) is 3. The lowest BCUT2D eigenvalue weighted by Gasteiger charge is -2.13. The first kappa shape index (κ1) is 25.3. The molecule has 1 N–H and O–H groups in total. The molecular weight excluding hydrogens is 518 g/mol. The van der Waals surface area contributed by atoms with Crippen molar-refractivity contribution in [2.75, 3.05) is 19.5 Å². The number of nitro groups is 1. The molecule has 3 rings (SSSR count). The fraction of sp³-hybridized carbons (Fsp3) is 0.120. The average molecular weight is 538 g/mol. The molecule has 0 atom stereocenters. The summed E-state index contributed by atoms with van der Waals surface area (Å²) in [5, 5.41) is 23.0.